The van der Waals surface area contributed by atoms with Crippen molar-refractivity contribution in [1.29, 1.82) is 0 Å². The summed E-state index contributed by atoms with van der Waals surface area (Å²) >= 11 is 6.42. The Morgan fingerprint density at radius 2 is 1.61 bits per heavy atom. The summed E-state index contributed by atoms with van der Waals surface area (Å²) in [5.41, 5.74) is 5.24. The molecule has 0 atom stereocenters. The molecule has 1 aliphatic heterocycles. The summed E-state index contributed by atoms with van der Waals surface area (Å²) in [6.07, 6.45) is 1.55. The predicted molar refractivity (Wildman–Crippen MR) is 110 cm³/mol. The lowest BCUT2D eigenvalue weighted by molar-refractivity contribution is -0.143. The standard InChI is InChI=1S/C17H19ClN2.C4H6O4/c18-17-7-6-13-8-10-19-11-9-15(13)16(17)12-20-14-4-2-1-3-5-14;5-3(6)1-2-4(7)8/h1-7,19-20H,8-12H2;1-2H2,(H,5,6)(H,7,8). The van der Waals surface area contributed by atoms with Gasteiger partial charge in [0, 0.05) is 17.3 Å². The van der Waals surface area contributed by atoms with Crippen molar-refractivity contribution in [2.75, 3.05) is 18.4 Å². The van der Waals surface area contributed by atoms with Crippen LogP contribution in [0.4, 0.5) is 5.69 Å². The van der Waals surface area contributed by atoms with Gasteiger partial charge in [-0.2, -0.15) is 0 Å². The fourth-order valence-corrected chi connectivity index (χ4v) is 3.22. The van der Waals surface area contributed by atoms with Crippen molar-refractivity contribution in [3.05, 3.63) is 64.2 Å². The minimum atomic E-state index is -1.08. The predicted octanol–water partition coefficient (Wildman–Crippen LogP) is 3.58. The van der Waals surface area contributed by atoms with E-state index < -0.39 is 11.9 Å². The summed E-state index contributed by atoms with van der Waals surface area (Å²) in [4.78, 5) is 19.3. The maximum absolute atomic E-state index is 9.64. The number of carboxylic acid groups (broad SMARTS) is 2. The van der Waals surface area contributed by atoms with E-state index in [9.17, 15) is 9.59 Å². The Morgan fingerprint density at radius 1 is 0.964 bits per heavy atom. The van der Waals surface area contributed by atoms with Gasteiger partial charge in [0.25, 0.3) is 0 Å². The van der Waals surface area contributed by atoms with Crippen LogP contribution >= 0.6 is 11.6 Å². The monoisotopic (exact) mass is 404 g/mol. The van der Waals surface area contributed by atoms with E-state index in [1.165, 1.54) is 16.7 Å². The molecule has 0 fully saturated rings. The van der Waals surface area contributed by atoms with Crippen LogP contribution in [0.1, 0.15) is 29.5 Å². The number of para-hydroxylation sites is 1. The van der Waals surface area contributed by atoms with E-state index >= 15 is 0 Å². The summed E-state index contributed by atoms with van der Waals surface area (Å²) in [7, 11) is 0. The Morgan fingerprint density at radius 3 is 2.25 bits per heavy atom. The molecule has 0 amide bonds. The fraction of sp³-hybridized carbons (Fsp3) is 0.333. The number of halogens is 1. The van der Waals surface area contributed by atoms with Crippen molar-refractivity contribution in [3.63, 3.8) is 0 Å². The lowest BCUT2D eigenvalue weighted by Crippen LogP contribution is -2.16. The van der Waals surface area contributed by atoms with Gasteiger partial charge >= 0.3 is 11.9 Å². The number of rotatable bonds is 6. The van der Waals surface area contributed by atoms with Crippen molar-refractivity contribution in [1.82, 2.24) is 5.32 Å². The smallest absolute Gasteiger partial charge is 0.303 e. The molecular weight excluding hydrogens is 380 g/mol. The van der Waals surface area contributed by atoms with E-state index in [-0.39, 0.29) is 12.8 Å². The molecule has 28 heavy (non-hydrogen) atoms. The van der Waals surface area contributed by atoms with Crippen molar-refractivity contribution in [2.45, 2.75) is 32.2 Å². The summed E-state index contributed by atoms with van der Waals surface area (Å²) in [5.74, 6) is -2.15. The molecule has 0 spiro atoms. The first-order chi connectivity index (χ1) is 13.5. The summed E-state index contributed by atoms with van der Waals surface area (Å²) in [6.45, 7) is 2.87. The molecule has 0 aromatic heterocycles. The number of carbonyl (C=O) groups is 2. The Bertz CT molecular complexity index is 782. The molecular formula is C21H25ClN2O4. The van der Waals surface area contributed by atoms with Crippen LogP contribution in [0.2, 0.25) is 5.02 Å². The van der Waals surface area contributed by atoms with E-state index in [0.717, 1.165) is 43.2 Å². The number of benzene rings is 2. The first-order valence-electron chi connectivity index (χ1n) is 9.19. The highest BCUT2D eigenvalue weighted by Crippen LogP contribution is 2.26. The zero-order valence-corrected chi connectivity index (χ0v) is 16.3. The van der Waals surface area contributed by atoms with Gasteiger partial charge in [0.05, 0.1) is 12.8 Å². The Labute approximate surface area is 169 Å². The van der Waals surface area contributed by atoms with Crippen LogP contribution in [0, 0.1) is 0 Å². The topological polar surface area (TPSA) is 98.7 Å². The number of nitrogens with one attached hydrogen (secondary N) is 2. The zero-order valence-electron chi connectivity index (χ0n) is 15.6. The third-order valence-corrected chi connectivity index (χ3v) is 4.74. The summed E-state index contributed by atoms with van der Waals surface area (Å²) in [5, 5.41) is 23.6. The molecule has 0 aliphatic carbocycles. The summed E-state index contributed by atoms with van der Waals surface area (Å²) in [6, 6.07) is 14.5. The van der Waals surface area contributed by atoms with Gasteiger partial charge in [0.2, 0.25) is 0 Å². The number of hydrogen-bond acceptors (Lipinski definition) is 4. The molecule has 150 valence electrons. The van der Waals surface area contributed by atoms with Crippen molar-refractivity contribution in [3.8, 4) is 0 Å². The second-order valence-electron chi connectivity index (χ2n) is 6.42. The van der Waals surface area contributed by atoms with E-state index in [1.807, 2.05) is 24.3 Å². The SMILES string of the molecule is Clc1ccc2c(c1CNc1ccccc1)CCNCC2.O=C(O)CCC(=O)O. The number of fused-ring (bicyclic) bond motifs is 1. The fourth-order valence-electron chi connectivity index (χ4n) is 2.97. The number of anilines is 1. The molecule has 7 heteroatoms. The van der Waals surface area contributed by atoms with Gasteiger partial charge in [-0.3, -0.25) is 9.59 Å². The maximum atomic E-state index is 9.64. The second kappa shape index (κ2) is 11.3. The third kappa shape index (κ3) is 7.21. The lowest BCUT2D eigenvalue weighted by atomic mass is 9.97. The van der Waals surface area contributed by atoms with E-state index in [0.29, 0.717) is 0 Å². The van der Waals surface area contributed by atoms with E-state index in [4.69, 9.17) is 21.8 Å². The molecule has 1 heterocycles. The van der Waals surface area contributed by atoms with Gasteiger partial charge in [-0.05, 0) is 60.8 Å². The molecule has 0 radical (unpaired) electrons. The minimum Gasteiger partial charge on any atom is -0.481 e. The Balaban J connectivity index is 0.000000300. The Hall–Kier alpha value is -2.57. The lowest BCUT2D eigenvalue weighted by Gasteiger charge is -2.15. The number of aliphatic carboxylic acids is 2. The first-order valence-corrected chi connectivity index (χ1v) is 9.57. The van der Waals surface area contributed by atoms with Crippen LogP contribution in [0.15, 0.2) is 42.5 Å². The molecule has 0 saturated carbocycles. The van der Waals surface area contributed by atoms with Crippen molar-refractivity contribution in [2.24, 2.45) is 0 Å². The van der Waals surface area contributed by atoms with Gasteiger partial charge < -0.3 is 20.8 Å². The highest BCUT2D eigenvalue weighted by molar-refractivity contribution is 6.31. The van der Waals surface area contributed by atoms with Crippen LogP contribution in [0.3, 0.4) is 0 Å². The quantitative estimate of drug-likeness (QED) is 0.587. The molecule has 0 bridgehead atoms. The highest BCUT2D eigenvalue weighted by atomic mass is 35.5. The molecule has 1 aliphatic rings. The van der Waals surface area contributed by atoms with Crippen LogP contribution < -0.4 is 10.6 Å². The molecule has 2 aromatic rings. The molecule has 2 aromatic carbocycles. The second-order valence-corrected chi connectivity index (χ2v) is 6.83. The van der Waals surface area contributed by atoms with Gasteiger partial charge in [-0.15, -0.1) is 0 Å². The first kappa shape index (κ1) is 21.7. The number of hydrogen-bond donors (Lipinski definition) is 4. The maximum Gasteiger partial charge on any atom is 0.303 e. The largest absolute Gasteiger partial charge is 0.481 e. The molecule has 3 rings (SSSR count). The Kier molecular flexibility index (Phi) is 8.78. The third-order valence-electron chi connectivity index (χ3n) is 4.39. The van der Waals surface area contributed by atoms with Gasteiger partial charge in [-0.1, -0.05) is 35.9 Å². The highest BCUT2D eigenvalue weighted by Gasteiger charge is 2.14. The zero-order chi connectivity index (χ0) is 20.4. The van der Waals surface area contributed by atoms with Crippen LogP contribution in [-0.2, 0) is 29.0 Å². The van der Waals surface area contributed by atoms with Gasteiger partial charge in [0.15, 0.2) is 0 Å². The van der Waals surface area contributed by atoms with Crippen LogP contribution in [-0.4, -0.2) is 35.2 Å². The van der Waals surface area contributed by atoms with Crippen molar-refractivity contribution < 1.29 is 19.8 Å². The van der Waals surface area contributed by atoms with Crippen LogP contribution in [0.25, 0.3) is 0 Å². The average Bonchev–Trinajstić information content (AvgIpc) is 2.92. The van der Waals surface area contributed by atoms with Gasteiger partial charge in [-0.25, -0.2) is 0 Å². The van der Waals surface area contributed by atoms with Crippen molar-refractivity contribution >= 4 is 29.2 Å². The molecule has 6 nitrogen and oxygen atoms in total. The molecule has 0 saturated heterocycles. The van der Waals surface area contributed by atoms with Gasteiger partial charge in [0.1, 0.15) is 0 Å². The summed E-state index contributed by atoms with van der Waals surface area (Å²) < 4.78 is 0. The van der Waals surface area contributed by atoms with Crippen LogP contribution in [0.5, 0.6) is 0 Å². The van der Waals surface area contributed by atoms with E-state index in [1.54, 1.807) is 0 Å². The normalized spacial score (nSPS) is 12.8. The minimum absolute atomic E-state index is 0.296. The molecule has 4 N–H and O–H groups in total. The van der Waals surface area contributed by atoms with E-state index in [2.05, 4.69) is 28.8 Å². The average molecular weight is 405 g/mol. The molecule has 0 unspecified atom stereocenters. The number of carboxylic acids is 2.